The van der Waals surface area contributed by atoms with E-state index in [4.69, 9.17) is 4.74 Å². The van der Waals surface area contributed by atoms with E-state index in [0.29, 0.717) is 24.0 Å². The van der Waals surface area contributed by atoms with Gasteiger partial charge in [0.2, 0.25) is 5.82 Å². The van der Waals surface area contributed by atoms with Crippen LogP contribution in [0.1, 0.15) is 101 Å². The fourth-order valence-electron chi connectivity index (χ4n) is 7.33. The number of halogens is 4. The molecule has 0 aliphatic heterocycles. The monoisotopic (exact) mass is 580 g/mol. The molecule has 6 rings (SSSR count). The molecule has 0 bridgehead atoms. The molecule has 0 spiro atoms. The van der Waals surface area contributed by atoms with E-state index < -0.39 is 23.3 Å². The first kappa shape index (κ1) is 30.6. The van der Waals surface area contributed by atoms with Crippen molar-refractivity contribution < 1.29 is 22.3 Å². The van der Waals surface area contributed by atoms with Gasteiger partial charge in [0.25, 0.3) is 0 Å². The van der Waals surface area contributed by atoms with Crippen molar-refractivity contribution in [3.8, 4) is 16.9 Å². The van der Waals surface area contributed by atoms with Gasteiger partial charge in [-0.15, -0.1) is 0 Å². The summed E-state index contributed by atoms with van der Waals surface area (Å²) in [6.45, 7) is 0.512. The van der Waals surface area contributed by atoms with E-state index in [0.717, 1.165) is 42.4 Å². The average molecular weight is 581 g/mol. The third-order valence-corrected chi connectivity index (χ3v) is 9.85. The van der Waals surface area contributed by atoms with Gasteiger partial charge in [0.1, 0.15) is 0 Å². The van der Waals surface area contributed by atoms with Crippen LogP contribution in [0.2, 0.25) is 0 Å². The highest BCUT2D eigenvalue weighted by Gasteiger charge is 2.29. The summed E-state index contributed by atoms with van der Waals surface area (Å²) < 4.78 is 59.3. The molecule has 0 aromatic heterocycles. The van der Waals surface area contributed by atoms with Crippen LogP contribution in [0.3, 0.4) is 0 Å². The maximum Gasteiger partial charge on any atom is 0.200 e. The predicted octanol–water partition coefficient (Wildman–Crippen LogP) is 11.4. The Labute approximate surface area is 248 Å². The van der Waals surface area contributed by atoms with E-state index in [1.165, 1.54) is 94.7 Å². The van der Waals surface area contributed by atoms with E-state index >= 15 is 0 Å². The van der Waals surface area contributed by atoms with Crippen molar-refractivity contribution >= 4 is 0 Å². The predicted molar refractivity (Wildman–Crippen MR) is 161 cm³/mol. The molecular formula is C37H44F4O. The SMILES string of the molecule is Fc1cccc(-c2ccc(C3CCCCC3)cc2)c1F.Fc1cccc(OCC2CCC(C3CCCCC3)CC2)c1F. The highest BCUT2D eigenvalue weighted by Crippen LogP contribution is 2.40. The van der Waals surface area contributed by atoms with Gasteiger partial charge in [0.05, 0.1) is 6.61 Å². The zero-order valence-electron chi connectivity index (χ0n) is 24.6. The van der Waals surface area contributed by atoms with Gasteiger partial charge < -0.3 is 4.74 Å². The lowest BCUT2D eigenvalue weighted by Gasteiger charge is -2.35. The standard InChI is InChI=1S/C19H26F2O.C18H18F2/c20-17-7-4-8-18(19(17)21)22-13-14-9-11-16(12-10-14)15-5-2-1-3-6-15;19-17-8-4-7-16(18(17)20)15-11-9-14(10-12-15)13-5-2-1-3-6-13/h4,7-8,14-16H,1-3,5-6,9-13H2;4,7-13H,1-3,5-6H2. The zero-order chi connectivity index (χ0) is 29.3. The number of hydrogen-bond acceptors (Lipinski definition) is 1. The van der Waals surface area contributed by atoms with Crippen molar-refractivity contribution in [1.29, 1.82) is 0 Å². The van der Waals surface area contributed by atoms with Crippen LogP contribution < -0.4 is 4.74 Å². The molecule has 0 saturated heterocycles. The fraction of sp³-hybridized carbons (Fsp3) is 0.514. The average Bonchev–Trinajstić information content (AvgIpc) is 3.05. The van der Waals surface area contributed by atoms with Crippen LogP contribution in [0, 0.1) is 41.0 Å². The van der Waals surface area contributed by atoms with Crippen LogP contribution >= 0.6 is 0 Å². The highest BCUT2D eigenvalue weighted by molar-refractivity contribution is 5.64. The van der Waals surface area contributed by atoms with Crippen molar-refractivity contribution in [3.05, 3.63) is 89.5 Å². The van der Waals surface area contributed by atoms with E-state index in [1.54, 1.807) is 12.1 Å². The Kier molecular flexibility index (Phi) is 11.0. The third-order valence-electron chi connectivity index (χ3n) is 9.85. The molecule has 0 N–H and O–H groups in total. The molecule has 3 saturated carbocycles. The maximum absolute atomic E-state index is 13.8. The highest BCUT2D eigenvalue weighted by atomic mass is 19.2. The minimum Gasteiger partial charge on any atom is -0.490 e. The first-order valence-corrected chi connectivity index (χ1v) is 16.1. The van der Waals surface area contributed by atoms with E-state index in [2.05, 4.69) is 12.1 Å². The molecule has 0 amide bonds. The van der Waals surface area contributed by atoms with Crippen LogP contribution in [-0.2, 0) is 0 Å². The largest absolute Gasteiger partial charge is 0.490 e. The second-order valence-corrected chi connectivity index (χ2v) is 12.6. The Bertz CT molecular complexity index is 1250. The van der Waals surface area contributed by atoms with Gasteiger partial charge in [-0.05, 0) is 91.5 Å². The van der Waals surface area contributed by atoms with Crippen molar-refractivity contribution in [1.82, 2.24) is 0 Å². The molecule has 0 unspecified atom stereocenters. The van der Waals surface area contributed by atoms with Gasteiger partial charge in [-0.25, -0.2) is 13.2 Å². The maximum atomic E-state index is 13.8. The second-order valence-electron chi connectivity index (χ2n) is 12.6. The van der Waals surface area contributed by atoms with Crippen LogP contribution in [0.5, 0.6) is 5.75 Å². The van der Waals surface area contributed by atoms with Gasteiger partial charge in [-0.1, -0.05) is 93.8 Å². The van der Waals surface area contributed by atoms with E-state index in [1.807, 2.05) is 12.1 Å². The minimum atomic E-state index is -0.863. The van der Waals surface area contributed by atoms with Gasteiger partial charge in [0, 0.05) is 5.56 Å². The lowest BCUT2D eigenvalue weighted by Crippen LogP contribution is -2.26. The van der Waals surface area contributed by atoms with Crippen molar-refractivity contribution in [2.24, 2.45) is 17.8 Å². The number of ether oxygens (including phenoxy) is 1. The van der Waals surface area contributed by atoms with Crippen molar-refractivity contribution in [2.75, 3.05) is 6.61 Å². The Morgan fingerprint density at radius 2 is 1.12 bits per heavy atom. The molecule has 226 valence electrons. The van der Waals surface area contributed by atoms with Gasteiger partial charge in [-0.3, -0.25) is 0 Å². The molecule has 3 aliphatic carbocycles. The molecule has 0 radical (unpaired) electrons. The molecule has 3 fully saturated rings. The normalized spacial score (nSPS) is 21.8. The minimum absolute atomic E-state index is 0.0504. The van der Waals surface area contributed by atoms with E-state index in [9.17, 15) is 17.6 Å². The summed E-state index contributed by atoms with van der Waals surface area (Å²) in [5, 5.41) is 0. The Morgan fingerprint density at radius 1 is 0.548 bits per heavy atom. The molecule has 3 aromatic carbocycles. The molecule has 1 nitrogen and oxygen atoms in total. The fourth-order valence-corrected chi connectivity index (χ4v) is 7.33. The first-order valence-electron chi connectivity index (χ1n) is 16.1. The van der Waals surface area contributed by atoms with Crippen LogP contribution in [0.25, 0.3) is 11.1 Å². The van der Waals surface area contributed by atoms with Gasteiger partial charge >= 0.3 is 0 Å². The molecule has 3 aromatic rings. The molecule has 0 atom stereocenters. The zero-order valence-corrected chi connectivity index (χ0v) is 24.6. The quantitative estimate of drug-likeness (QED) is 0.264. The Morgan fingerprint density at radius 3 is 1.79 bits per heavy atom. The number of benzene rings is 3. The smallest absolute Gasteiger partial charge is 0.200 e. The summed E-state index contributed by atoms with van der Waals surface area (Å²) in [4.78, 5) is 0. The van der Waals surface area contributed by atoms with Crippen LogP contribution in [-0.4, -0.2) is 6.61 Å². The lowest BCUT2D eigenvalue weighted by molar-refractivity contribution is 0.133. The summed E-state index contributed by atoms with van der Waals surface area (Å²) in [5.74, 6) is -0.250. The van der Waals surface area contributed by atoms with Crippen molar-refractivity contribution in [2.45, 2.75) is 95.8 Å². The van der Waals surface area contributed by atoms with Crippen molar-refractivity contribution in [3.63, 3.8) is 0 Å². The lowest BCUT2D eigenvalue weighted by atomic mass is 9.71. The second kappa shape index (κ2) is 15.1. The van der Waals surface area contributed by atoms with Crippen LogP contribution in [0.15, 0.2) is 60.7 Å². The first-order chi connectivity index (χ1) is 20.5. The topological polar surface area (TPSA) is 9.23 Å². The summed E-state index contributed by atoms with van der Waals surface area (Å²) in [7, 11) is 0. The summed E-state index contributed by atoms with van der Waals surface area (Å²) in [6.07, 6.45) is 18.4. The molecule has 5 heteroatoms. The number of rotatable bonds is 6. The summed E-state index contributed by atoms with van der Waals surface area (Å²) in [5.41, 5.74) is 2.40. The number of hydrogen-bond donors (Lipinski definition) is 0. The van der Waals surface area contributed by atoms with Crippen LogP contribution in [0.4, 0.5) is 17.6 Å². The Hall–Kier alpha value is -2.82. The third kappa shape index (κ3) is 7.96. The van der Waals surface area contributed by atoms with E-state index in [-0.39, 0.29) is 5.75 Å². The van der Waals surface area contributed by atoms with Gasteiger partial charge in [0.15, 0.2) is 23.2 Å². The van der Waals surface area contributed by atoms with Gasteiger partial charge in [-0.2, -0.15) is 4.39 Å². The summed E-state index contributed by atoms with van der Waals surface area (Å²) in [6, 6.07) is 16.4. The molecule has 3 aliphatic rings. The molecular weight excluding hydrogens is 536 g/mol. The summed E-state index contributed by atoms with van der Waals surface area (Å²) >= 11 is 0. The molecule has 42 heavy (non-hydrogen) atoms. The molecule has 0 heterocycles. The Balaban J connectivity index is 0.000000169.